The first-order valence-corrected chi connectivity index (χ1v) is 7.22. The van der Waals surface area contributed by atoms with E-state index in [9.17, 15) is 0 Å². The van der Waals surface area contributed by atoms with Gasteiger partial charge >= 0.3 is 0 Å². The Labute approximate surface area is 107 Å². The van der Waals surface area contributed by atoms with E-state index in [2.05, 4.69) is 31.0 Å². The lowest BCUT2D eigenvalue weighted by Gasteiger charge is -2.46. The van der Waals surface area contributed by atoms with Crippen LogP contribution in [-0.4, -0.2) is 49.8 Å². The summed E-state index contributed by atoms with van der Waals surface area (Å²) in [7, 11) is 1.81. The molecule has 102 valence electrons. The molecule has 1 aliphatic rings. The van der Waals surface area contributed by atoms with Crippen molar-refractivity contribution in [1.82, 2.24) is 10.2 Å². The second kappa shape index (κ2) is 7.34. The quantitative estimate of drug-likeness (QED) is 0.706. The summed E-state index contributed by atoms with van der Waals surface area (Å²) in [4.78, 5) is 2.65. The number of nitrogens with zero attached hydrogens (tertiary/aromatic N) is 1. The number of likely N-dealkylation sites (N-methyl/N-ethyl adjacent to an activating group) is 2. The molecule has 0 heterocycles. The highest BCUT2D eigenvalue weighted by atomic mass is 16.5. The molecule has 3 nitrogen and oxygen atoms in total. The average molecular weight is 242 g/mol. The van der Waals surface area contributed by atoms with E-state index in [1.54, 1.807) is 0 Å². The monoisotopic (exact) mass is 242 g/mol. The van der Waals surface area contributed by atoms with Gasteiger partial charge < -0.3 is 10.1 Å². The molecule has 1 N–H and O–H groups in total. The van der Waals surface area contributed by atoms with Crippen molar-refractivity contribution in [1.29, 1.82) is 0 Å². The predicted molar refractivity (Wildman–Crippen MR) is 73.5 cm³/mol. The molecule has 0 amide bonds. The number of ether oxygens (including phenoxy) is 1. The van der Waals surface area contributed by atoms with Gasteiger partial charge in [0.05, 0.1) is 6.61 Å². The fraction of sp³-hybridized carbons (Fsp3) is 1.00. The summed E-state index contributed by atoms with van der Waals surface area (Å²) in [5.41, 5.74) is 0.329. The lowest BCUT2D eigenvalue weighted by molar-refractivity contribution is 0.0266. The van der Waals surface area contributed by atoms with Gasteiger partial charge in [0.1, 0.15) is 0 Å². The molecule has 1 saturated carbocycles. The number of hydrogen-bond acceptors (Lipinski definition) is 3. The topological polar surface area (TPSA) is 24.5 Å². The highest BCUT2D eigenvalue weighted by Crippen LogP contribution is 2.38. The van der Waals surface area contributed by atoms with Crippen LogP contribution in [0, 0.1) is 0 Å². The minimum Gasteiger partial charge on any atom is -0.383 e. The lowest BCUT2D eigenvalue weighted by Crippen LogP contribution is -2.61. The van der Waals surface area contributed by atoms with Crippen molar-refractivity contribution in [2.75, 3.05) is 33.4 Å². The van der Waals surface area contributed by atoms with Crippen LogP contribution in [0.1, 0.15) is 46.5 Å². The molecule has 0 aromatic rings. The standard InChI is InChI=1S/C14H30N2O/c1-5-15-13(12-17-4)14(10-8-9-11-14)16(6-2)7-3/h13,15H,5-12H2,1-4H3. The van der Waals surface area contributed by atoms with E-state index >= 15 is 0 Å². The second-order valence-electron chi connectivity index (χ2n) is 5.05. The first-order chi connectivity index (χ1) is 8.25. The summed E-state index contributed by atoms with van der Waals surface area (Å²) in [5, 5.41) is 3.65. The van der Waals surface area contributed by atoms with Gasteiger partial charge in [0.25, 0.3) is 0 Å². The summed E-state index contributed by atoms with van der Waals surface area (Å²) in [6, 6.07) is 0.472. The van der Waals surface area contributed by atoms with Crippen LogP contribution in [0.5, 0.6) is 0 Å². The van der Waals surface area contributed by atoms with Gasteiger partial charge in [0.2, 0.25) is 0 Å². The molecule has 1 fully saturated rings. The fourth-order valence-corrected chi connectivity index (χ4v) is 3.54. The van der Waals surface area contributed by atoms with E-state index in [-0.39, 0.29) is 0 Å². The molecule has 17 heavy (non-hydrogen) atoms. The molecule has 0 radical (unpaired) electrons. The Hall–Kier alpha value is -0.120. The summed E-state index contributed by atoms with van der Waals surface area (Å²) in [6.45, 7) is 10.9. The third kappa shape index (κ3) is 3.21. The third-order valence-corrected chi connectivity index (χ3v) is 4.30. The molecule has 0 aromatic carbocycles. The van der Waals surface area contributed by atoms with Crippen LogP contribution >= 0.6 is 0 Å². The average Bonchev–Trinajstić information content (AvgIpc) is 2.81. The molecular formula is C14H30N2O. The normalized spacial score (nSPS) is 21.0. The van der Waals surface area contributed by atoms with Gasteiger partial charge in [-0.15, -0.1) is 0 Å². The van der Waals surface area contributed by atoms with Gasteiger partial charge in [0, 0.05) is 18.7 Å². The molecular weight excluding hydrogens is 212 g/mol. The van der Waals surface area contributed by atoms with Crippen molar-refractivity contribution in [3.63, 3.8) is 0 Å². The van der Waals surface area contributed by atoms with Crippen LogP contribution in [0.15, 0.2) is 0 Å². The summed E-state index contributed by atoms with van der Waals surface area (Å²) in [6.07, 6.45) is 5.36. The van der Waals surface area contributed by atoms with Gasteiger partial charge in [-0.25, -0.2) is 0 Å². The fourth-order valence-electron chi connectivity index (χ4n) is 3.54. The smallest absolute Gasteiger partial charge is 0.0633 e. The van der Waals surface area contributed by atoms with Crippen molar-refractivity contribution in [2.24, 2.45) is 0 Å². The van der Waals surface area contributed by atoms with Crippen molar-refractivity contribution < 1.29 is 4.74 Å². The molecule has 3 heteroatoms. The number of nitrogens with one attached hydrogen (secondary N) is 1. The molecule has 0 aliphatic heterocycles. The molecule has 0 aromatic heterocycles. The second-order valence-corrected chi connectivity index (χ2v) is 5.05. The molecule has 0 bridgehead atoms. The Bertz CT molecular complexity index is 192. The number of rotatable bonds is 8. The van der Waals surface area contributed by atoms with Gasteiger partial charge in [0.15, 0.2) is 0 Å². The molecule has 1 atom stereocenters. The first kappa shape index (κ1) is 14.9. The highest BCUT2D eigenvalue weighted by molar-refractivity contribution is 5.03. The number of hydrogen-bond donors (Lipinski definition) is 1. The zero-order chi connectivity index (χ0) is 12.7. The molecule has 1 rings (SSSR count). The van der Waals surface area contributed by atoms with Crippen molar-refractivity contribution in [3.8, 4) is 0 Å². The maximum absolute atomic E-state index is 5.44. The van der Waals surface area contributed by atoms with Crippen molar-refractivity contribution in [3.05, 3.63) is 0 Å². The van der Waals surface area contributed by atoms with Gasteiger partial charge in [-0.1, -0.05) is 33.6 Å². The SMILES string of the molecule is CCNC(COC)C1(N(CC)CC)CCCC1. The summed E-state index contributed by atoms with van der Waals surface area (Å²) >= 11 is 0. The zero-order valence-corrected chi connectivity index (χ0v) is 12.1. The Kier molecular flexibility index (Phi) is 6.45. The van der Waals surface area contributed by atoms with Crippen LogP contribution in [0.4, 0.5) is 0 Å². The largest absolute Gasteiger partial charge is 0.383 e. The maximum atomic E-state index is 5.44. The first-order valence-electron chi connectivity index (χ1n) is 7.22. The minimum atomic E-state index is 0.329. The van der Waals surface area contributed by atoms with Crippen LogP contribution in [0.2, 0.25) is 0 Å². The van der Waals surface area contributed by atoms with E-state index in [0.29, 0.717) is 11.6 Å². The Morgan fingerprint density at radius 2 is 1.76 bits per heavy atom. The van der Waals surface area contributed by atoms with E-state index in [0.717, 1.165) is 26.2 Å². The Morgan fingerprint density at radius 1 is 1.18 bits per heavy atom. The Balaban J connectivity index is 2.86. The van der Waals surface area contributed by atoms with Crippen LogP contribution < -0.4 is 5.32 Å². The number of methoxy groups -OCH3 is 1. The highest BCUT2D eigenvalue weighted by Gasteiger charge is 2.44. The molecule has 0 spiro atoms. The van der Waals surface area contributed by atoms with E-state index < -0.39 is 0 Å². The van der Waals surface area contributed by atoms with Crippen LogP contribution in [-0.2, 0) is 4.74 Å². The molecule has 1 unspecified atom stereocenters. The van der Waals surface area contributed by atoms with Crippen LogP contribution in [0.3, 0.4) is 0 Å². The van der Waals surface area contributed by atoms with E-state index in [1.165, 1.54) is 25.7 Å². The van der Waals surface area contributed by atoms with Gasteiger partial charge in [-0.2, -0.15) is 0 Å². The van der Waals surface area contributed by atoms with Crippen LogP contribution in [0.25, 0.3) is 0 Å². The molecule has 1 aliphatic carbocycles. The van der Waals surface area contributed by atoms with Gasteiger partial charge in [-0.3, -0.25) is 4.90 Å². The van der Waals surface area contributed by atoms with E-state index in [4.69, 9.17) is 4.74 Å². The maximum Gasteiger partial charge on any atom is 0.0633 e. The van der Waals surface area contributed by atoms with Gasteiger partial charge in [-0.05, 0) is 32.5 Å². The Morgan fingerprint density at radius 3 is 2.18 bits per heavy atom. The van der Waals surface area contributed by atoms with Crippen molar-refractivity contribution in [2.45, 2.75) is 58.0 Å². The molecule has 0 saturated heterocycles. The van der Waals surface area contributed by atoms with Crippen molar-refractivity contribution >= 4 is 0 Å². The minimum absolute atomic E-state index is 0.329. The van der Waals surface area contributed by atoms with E-state index in [1.807, 2.05) is 7.11 Å². The summed E-state index contributed by atoms with van der Waals surface area (Å²) < 4.78 is 5.44. The third-order valence-electron chi connectivity index (χ3n) is 4.30. The lowest BCUT2D eigenvalue weighted by atomic mass is 9.86. The zero-order valence-electron chi connectivity index (χ0n) is 12.1. The predicted octanol–water partition coefficient (Wildman–Crippen LogP) is 2.27. The summed E-state index contributed by atoms with van der Waals surface area (Å²) in [5.74, 6) is 0.